The van der Waals surface area contributed by atoms with Crippen molar-refractivity contribution >= 4 is 28.3 Å². The first-order chi connectivity index (χ1) is 17.9. The average molecular weight is 521 g/mol. The molecule has 1 atom stereocenters. The Morgan fingerprint density at radius 3 is 2.65 bits per heavy atom. The molecule has 3 aromatic rings. The van der Waals surface area contributed by atoms with Crippen molar-refractivity contribution in [3.63, 3.8) is 0 Å². The van der Waals surface area contributed by atoms with Crippen LogP contribution in [0.15, 0.2) is 47.8 Å². The molecule has 2 aromatic carbocycles. The lowest BCUT2D eigenvalue weighted by Gasteiger charge is -2.16. The Bertz CT molecular complexity index is 1210. The van der Waals surface area contributed by atoms with Crippen LogP contribution in [0.2, 0.25) is 0 Å². The number of carbonyl (C=O) groups is 2. The van der Waals surface area contributed by atoms with Gasteiger partial charge in [-0.2, -0.15) is 0 Å². The molecule has 2 N–H and O–H groups in total. The molecule has 8 heteroatoms. The van der Waals surface area contributed by atoms with Gasteiger partial charge in [-0.1, -0.05) is 31.5 Å². The van der Waals surface area contributed by atoms with Gasteiger partial charge in [-0.15, -0.1) is 11.3 Å². The van der Waals surface area contributed by atoms with Crippen LogP contribution in [0, 0.1) is 0 Å². The van der Waals surface area contributed by atoms with Crippen LogP contribution >= 0.6 is 11.3 Å². The first kappa shape index (κ1) is 26.8. The van der Waals surface area contributed by atoms with Gasteiger partial charge in [-0.3, -0.25) is 14.9 Å². The Hall–Kier alpha value is -3.23. The second kappa shape index (κ2) is 12.8. The molecule has 1 saturated heterocycles. The van der Waals surface area contributed by atoms with Crippen LogP contribution in [0.25, 0.3) is 11.3 Å². The van der Waals surface area contributed by atoms with Gasteiger partial charge < -0.3 is 15.0 Å². The van der Waals surface area contributed by atoms with Gasteiger partial charge in [0.05, 0.1) is 12.8 Å². The number of methoxy groups -OCH3 is 1. The van der Waals surface area contributed by atoms with Crippen molar-refractivity contribution in [2.45, 2.75) is 52.0 Å². The van der Waals surface area contributed by atoms with Gasteiger partial charge in [0, 0.05) is 49.1 Å². The number of nitrogens with zero attached hydrogens (tertiary/aromatic N) is 2. The van der Waals surface area contributed by atoms with Crippen LogP contribution < -0.4 is 15.4 Å². The van der Waals surface area contributed by atoms with E-state index in [-0.39, 0.29) is 17.9 Å². The predicted octanol–water partition coefficient (Wildman–Crippen LogP) is 5.17. The Labute approximate surface area is 223 Å². The second-order valence-electron chi connectivity index (χ2n) is 9.56. The highest BCUT2D eigenvalue weighted by molar-refractivity contribution is 7.14. The topological polar surface area (TPSA) is 83.6 Å². The molecule has 196 valence electrons. The minimum absolute atomic E-state index is 0.0334. The molecular weight excluding hydrogens is 484 g/mol. The summed E-state index contributed by atoms with van der Waals surface area (Å²) in [5.41, 5.74) is 4.79. The molecule has 0 spiro atoms. The number of unbranched alkanes of at least 4 members (excludes halogenated alkanes) is 1. The zero-order chi connectivity index (χ0) is 26.2. The number of thiazole rings is 1. The first-order valence-electron chi connectivity index (χ1n) is 13.0. The molecule has 1 unspecified atom stereocenters. The lowest BCUT2D eigenvalue weighted by Crippen LogP contribution is -2.35. The maximum Gasteiger partial charge on any atom is 0.257 e. The molecule has 1 fully saturated rings. The van der Waals surface area contributed by atoms with Crippen molar-refractivity contribution in [1.82, 2.24) is 15.2 Å². The molecule has 4 rings (SSSR count). The van der Waals surface area contributed by atoms with Crippen molar-refractivity contribution < 1.29 is 14.3 Å². The number of hydrogen-bond donors (Lipinski definition) is 2. The van der Waals surface area contributed by atoms with Crippen LogP contribution in [0.1, 0.15) is 54.6 Å². The van der Waals surface area contributed by atoms with Crippen LogP contribution in [-0.2, 0) is 17.6 Å². The summed E-state index contributed by atoms with van der Waals surface area (Å²) >= 11 is 1.41. The SMILES string of the molecule is CCCCc1ccc(OC)c(-c2csc(NC(=O)c3ccc(CCN4CCC(NC(C)=O)C4)cc3)n2)c1. The maximum atomic E-state index is 12.8. The molecular formula is C29H36N4O3S. The number of benzene rings is 2. The van der Waals surface area contributed by atoms with Crippen molar-refractivity contribution in [2.24, 2.45) is 0 Å². The number of likely N-dealkylation sites (tertiary alicyclic amines) is 1. The van der Waals surface area contributed by atoms with Crippen LogP contribution in [0.3, 0.4) is 0 Å². The van der Waals surface area contributed by atoms with E-state index in [9.17, 15) is 9.59 Å². The van der Waals surface area contributed by atoms with Crippen molar-refractivity contribution in [2.75, 3.05) is 32.1 Å². The van der Waals surface area contributed by atoms with E-state index in [1.165, 1.54) is 22.5 Å². The van der Waals surface area contributed by atoms with E-state index in [1.54, 1.807) is 14.0 Å². The highest BCUT2D eigenvalue weighted by Gasteiger charge is 2.22. The Morgan fingerprint density at radius 2 is 1.92 bits per heavy atom. The zero-order valence-corrected chi connectivity index (χ0v) is 22.7. The summed E-state index contributed by atoms with van der Waals surface area (Å²) < 4.78 is 5.56. The normalized spacial score (nSPS) is 15.5. The molecule has 37 heavy (non-hydrogen) atoms. The first-order valence-corrected chi connectivity index (χ1v) is 13.9. The predicted molar refractivity (Wildman–Crippen MR) is 149 cm³/mol. The summed E-state index contributed by atoms with van der Waals surface area (Å²) in [4.78, 5) is 31.1. The average Bonchev–Trinajstić information content (AvgIpc) is 3.55. The summed E-state index contributed by atoms with van der Waals surface area (Å²) in [6, 6.07) is 14.2. The smallest absolute Gasteiger partial charge is 0.257 e. The molecule has 0 radical (unpaired) electrons. The van der Waals surface area contributed by atoms with Crippen molar-refractivity contribution in [3.05, 3.63) is 64.5 Å². The molecule has 2 heterocycles. The number of rotatable bonds is 11. The van der Waals surface area contributed by atoms with Gasteiger partial charge in [-0.05, 0) is 61.1 Å². The molecule has 2 amide bonds. The van der Waals surface area contributed by atoms with Crippen LogP contribution in [0.4, 0.5) is 5.13 Å². The van der Waals surface area contributed by atoms with Gasteiger partial charge in [0.1, 0.15) is 5.75 Å². The number of carbonyl (C=O) groups excluding carboxylic acids is 2. The van der Waals surface area contributed by atoms with Gasteiger partial charge >= 0.3 is 0 Å². The third-order valence-corrected chi connectivity index (χ3v) is 7.45. The molecule has 1 aliphatic heterocycles. The number of anilines is 1. The maximum absolute atomic E-state index is 12.8. The van der Waals surface area contributed by atoms with E-state index in [1.807, 2.05) is 35.7 Å². The molecule has 1 aliphatic rings. The van der Waals surface area contributed by atoms with Gasteiger partial charge in [0.2, 0.25) is 5.91 Å². The quantitative estimate of drug-likeness (QED) is 0.365. The fourth-order valence-electron chi connectivity index (χ4n) is 4.67. The van der Waals surface area contributed by atoms with E-state index in [2.05, 4.69) is 39.6 Å². The van der Waals surface area contributed by atoms with Gasteiger partial charge in [0.15, 0.2) is 5.13 Å². The summed E-state index contributed by atoms with van der Waals surface area (Å²) in [6.45, 7) is 6.58. The fourth-order valence-corrected chi connectivity index (χ4v) is 5.37. The van der Waals surface area contributed by atoms with Gasteiger partial charge in [-0.25, -0.2) is 4.98 Å². The largest absolute Gasteiger partial charge is 0.496 e. The summed E-state index contributed by atoms with van der Waals surface area (Å²) in [5.74, 6) is 0.637. The number of hydrogen-bond acceptors (Lipinski definition) is 6. The van der Waals surface area contributed by atoms with E-state index in [0.717, 1.165) is 68.7 Å². The Kier molecular flexibility index (Phi) is 9.30. The monoisotopic (exact) mass is 520 g/mol. The lowest BCUT2D eigenvalue weighted by molar-refractivity contribution is -0.119. The minimum atomic E-state index is -0.172. The van der Waals surface area contributed by atoms with E-state index in [0.29, 0.717) is 10.7 Å². The highest BCUT2D eigenvalue weighted by atomic mass is 32.1. The van der Waals surface area contributed by atoms with Crippen molar-refractivity contribution in [1.29, 1.82) is 0 Å². The number of nitrogens with one attached hydrogen (secondary N) is 2. The number of ether oxygens (including phenoxy) is 1. The summed E-state index contributed by atoms with van der Waals surface area (Å²) in [6.07, 6.45) is 5.21. The standard InChI is InChI=1S/C29H36N4O3S/c1-4-5-6-22-9-12-27(36-3)25(17-22)26-19-37-29(31-26)32-28(35)23-10-7-21(8-11-23)13-15-33-16-14-24(18-33)30-20(2)34/h7-12,17,19,24H,4-6,13-16,18H2,1-3H3,(H,30,34)(H,31,32,35). The fraction of sp³-hybridized carbons (Fsp3) is 0.414. The molecule has 0 aliphatic carbocycles. The molecule has 0 bridgehead atoms. The van der Waals surface area contributed by atoms with Gasteiger partial charge in [0.25, 0.3) is 5.91 Å². The number of aromatic nitrogens is 1. The molecule has 1 aromatic heterocycles. The number of aryl methyl sites for hydroxylation is 1. The van der Waals surface area contributed by atoms with E-state index in [4.69, 9.17) is 4.74 Å². The van der Waals surface area contributed by atoms with Crippen LogP contribution in [-0.4, -0.2) is 54.5 Å². The Morgan fingerprint density at radius 1 is 1.14 bits per heavy atom. The summed E-state index contributed by atoms with van der Waals surface area (Å²) in [7, 11) is 1.66. The highest BCUT2D eigenvalue weighted by Crippen LogP contribution is 2.33. The third kappa shape index (κ3) is 7.40. The Balaban J connectivity index is 1.33. The number of amides is 2. The molecule has 7 nitrogen and oxygen atoms in total. The zero-order valence-electron chi connectivity index (χ0n) is 21.9. The second-order valence-corrected chi connectivity index (χ2v) is 10.4. The van der Waals surface area contributed by atoms with E-state index < -0.39 is 0 Å². The van der Waals surface area contributed by atoms with Crippen LogP contribution in [0.5, 0.6) is 5.75 Å². The molecule has 0 saturated carbocycles. The minimum Gasteiger partial charge on any atom is -0.496 e. The third-order valence-electron chi connectivity index (χ3n) is 6.70. The van der Waals surface area contributed by atoms with E-state index >= 15 is 0 Å². The van der Waals surface area contributed by atoms with Crippen molar-refractivity contribution in [3.8, 4) is 17.0 Å². The summed E-state index contributed by atoms with van der Waals surface area (Å²) in [5, 5.41) is 8.45. The lowest BCUT2D eigenvalue weighted by atomic mass is 10.0.